The summed E-state index contributed by atoms with van der Waals surface area (Å²) in [5.41, 5.74) is 2.40. The lowest BCUT2D eigenvalue weighted by molar-refractivity contribution is -0.122. The van der Waals surface area contributed by atoms with Crippen molar-refractivity contribution in [3.05, 3.63) is 35.4 Å². The minimum Gasteiger partial charge on any atom is -0.427 e. The topological polar surface area (TPSA) is 89.9 Å². The molecular weight excluding hydrogens is 355 g/mol. The molecule has 0 aliphatic carbocycles. The fraction of sp³-hybridized carbons (Fsp3) is 0.619. The Kier molecular flexibility index (Phi) is 8.07. The zero-order valence-corrected chi connectivity index (χ0v) is 17.4. The first-order chi connectivity index (χ1) is 13.2. The van der Waals surface area contributed by atoms with E-state index in [9.17, 15) is 19.6 Å². The number of carbonyl (C=O) groups is 2. The lowest BCUT2D eigenvalue weighted by Gasteiger charge is -2.32. The van der Waals surface area contributed by atoms with Crippen molar-refractivity contribution in [2.24, 2.45) is 11.8 Å². The van der Waals surface area contributed by atoms with E-state index in [1.54, 1.807) is 4.90 Å². The zero-order valence-electron chi connectivity index (χ0n) is 17.4. The Labute approximate surface area is 168 Å². The van der Waals surface area contributed by atoms with Gasteiger partial charge in [0.1, 0.15) is 0 Å². The molecule has 0 saturated heterocycles. The van der Waals surface area contributed by atoms with Crippen LogP contribution in [-0.4, -0.2) is 46.5 Å². The summed E-state index contributed by atoms with van der Waals surface area (Å²) in [5, 5.41) is 22.1. The summed E-state index contributed by atoms with van der Waals surface area (Å²) in [6.07, 6.45) is 1.39. The average molecular weight is 388 g/mol. The predicted molar refractivity (Wildman–Crippen MR) is 111 cm³/mol. The standard InChI is InChI=1S/C21H33BN2O4/c1-14(2)11-18(22(27)28)12-19(25)20(15(3)4)23-21(26)24-10-9-16-7-5-6-8-17(16)13-24/h5-8,14-15,18,20,27-28H,9-13H2,1-4H3,(H,23,26)/t18-,20+/m1/s1. The number of nitrogens with one attached hydrogen (secondary N) is 1. The Balaban J connectivity index is 2.01. The van der Waals surface area contributed by atoms with Crippen LogP contribution in [0.4, 0.5) is 4.79 Å². The lowest BCUT2D eigenvalue weighted by atomic mass is 9.66. The second-order valence-electron chi connectivity index (χ2n) is 8.59. The molecule has 0 unspecified atom stereocenters. The summed E-state index contributed by atoms with van der Waals surface area (Å²) >= 11 is 0. The summed E-state index contributed by atoms with van der Waals surface area (Å²) in [7, 11) is -1.53. The Bertz CT molecular complexity index is 678. The van der Waals surface area contributed by atoms with Crippen molar-refractivity contribution >= 4 is 18.9 Å². The maximum Gasteiger partial charge on any atom is 0.455 e. The molecular formula is C21H33BN2O4. The van der Waals surface area contributed by atoms with E-state index in [2.05, 4.69) is 11.4 Å². The molecule has 0 radical (unpaired) electrons. The van der Waals surface area contributed by atoms with Crippen molar-refractivity contribution < 1.29 is 19.6 Å². The first kappa shape index (κ1) is 22.4. The molecule has 2 amide bonds. The van der Waals surface area contributed by atoms with Gasteiger partial charge >= 0.3 is 13.1 Å². The van der Waals surface area contributed by atoms with Gasteiger partial charge in [-0.25, -0.2) is 4.79 Å². The summed E-state index contributed by atoms with van der Waals surface area (Å²) in [5.74, 6) is -0.504. The van der Waals surface area contributed by atoms with E-state index in [0.717, 1.165) is 12.0 Å². The van der Waals surface area contributed by atoms with Gasteiger partial charge in [-0.3, -0.25) is 4.79 Å². The molecule has 0 bridgehead atoms. The number of urea groups is 1. The molecule has 1 heterocycles. The Morgan fingerprint density at radius 1 is 1.14 bits per heavy atom. The molecule has 154 valence electrons. The normalized spacial score (nSPS) is 15.9. The van der Waals surface area contributed by atoms with Gasteiger partial charge in [-0.2, -0.15) is 0 Å². The third-order valence-corrected chi connectivity index (χ3v) is 5.37. The molecule has 1 aliphatic heterocycles. The maximum absolute atomic E-state index is 12.8. The molecule has 28 heavy (non-hydrogen) atoms. The van der Waals surface area contributed by atoms with Crippen molar-refractivity contribution in [2.45, 2.75) is 65.4 Å². The average Bonchev–Trinajstić information content (AvgIpc) is 2.64. The number of hydrogen-bond donors (Lipinski definition) is 3. The largest absolute Gasteiger partial charge is 0.455 e. The highest BCUT2D eigenvalue weighted by Crippen LogP contribution is 2.25. The van der Waals surface area contributed by atoms with Crippen molar-refractivity contribution in [1.29, 1.82) is 0 Å². The monoisotopic (exact) mass is 388 g/mol. The molecule has 1 aromatic rings. The molecule has 7 heteroatoms. The summed E-state index contributed by atoms with van der Waals surface area (Å²) < 4.78 is 0. The number of rotatable bonds is 8. The van der Waals surface area contributed by atoms with Gasteiger partial charge in [0.05, 0.1) is 6.04 Å². The number of amides is 2. The Morgan fingerprint density at radius 2 is 1.79 bits per heavy atom. The van der Waals surface area contributed by atoms with Gasteiger partial charge in [0.25, 0.3) is 0 Å². The minimum absolute atomic E-state index is 0.0435. The molecule has 0 fully saturated rings. The van der Waals surface area contributed by atoms with Crippen LogP contribution in [0, 0.1) is 11.8 Å². The van der Waals surface area contributed by atoms with Crippen LogP contribution in [0.25, 0.3) is 0 Å². The first-order valence-electron chi connectivity index (χ1n) is 10.2. The second-order valence-corrected chi connectivity index (χ2v) is 8.59. The van der Waals surface area contributed by atoms with Gasteiger partial charge in [0.15, 0.2) is 5.78 Å². The van der Waals surface area contributed by atoms with Crippen LogP contribution in [0.1, 0.15) is 51.7 Å². The van der Waals surface area contributed by atoms with Crippen LogP contribution in [-0.2, 0) is 17.8 Å². The molecule has 0 aromatic heterocycles. The van der Waals surface area contributed by atoms with Gasteiger partial charge in [-0.05, 0) is 35.8 Å². The van der Waals surface area contributed by atoms with Crippen LogP contribution >= 0.6 is 0 Å². The van der Waals surface area contributed by atoms with Crippen molar-refractivity contribution in [1.82, 2.24) is 10.2 Å². The molecule has 2 rings (SSSR count). The van der Waals surface area contributed by atoms with E-state index >= 15 is 0 Å². The predicted octanol–water partition coefficient (Wildman–Crippen LogP) is 2.63. The van der Waals surface area contributed by atoms with Crippen molar-refractivity contribution in [2.75, 3.05) is 6.54 Å². The van der Waals surface area contributed by atoms with E-state index in [1.165, 1.54) is 5.56 Å². The third kappa shape index (κ3) is 6.07. The first-order valence-corrected chi connectivity index (χ1v) is 10.2. The quantitative estimate of drug-likeness (QED) is 0.598. The van der Waals surface area contributed by atoms with Crippen LogP contribution < -0.4 is 5.32 Å². The van der Waals surface area contributed by atoms with E-state index in [0.29, 0.717) is 19.5 Å². The van der Waals surface area contributed by atoms with E-state index in [-0.39, 0.29) is 30.1 Å². The SMILES string of the molecule is CC(C)C[C@H](CC(=O)[C@@H](NC(=O)N1CCc2ccccc2C1)C(C)C)B(O)O. The van der Waals surface area contributed by atoms with Crippen LogP contribution in [0.5, 0.6) is 0 Å². The van der Waals surface area contributed by atoms with Crippen molar-refractivity contribution in [3.63, 3.8) is 0 Å². The van der Waals surface area contributed by atoms with E-state index in [4.69, 9.17) is 0 Å². The highest BCUT2D eigenvalue weighted by atomic mass is 16.4. The Hall–Kier alpha value is -1.86. The number of nitrogens with zero attached hydrogens (tertiary/aromatic N) is 1. The molecule has 6 nitrogen and oxygen atoms in total. The zero-order chi connectivity index (χ0) is 20.8. The highest BCUT2D eigenvalue weighted by molar-refractivity contribution is 6.43. The lowest BCUT2D eigenvalue weighted by Crippen LogP contribution is -2.51. The Morgan fingerprint density at radius 3 is 2.36 bits per heavy atom. The number of fused-ring (bicyclic) bond motifs is 1. The molecule has 3 N–H and O–H groups in total. The van der Waals surface area contributed by atoms with Crippen molar-refractivity contribution in [3.8, 4) is 0 Å². The number of benzene rings is 1. The number of hydrogen-bond acceptors (Lipinski definition) is 4. The fourth-order valence-corrected chi connectivity index (χ4v) is 3.81. The van der Waals surface area contributed by atoms with E-state index in [1.807, 2.05) is 45.9 Å². The summed E-state index contributed by atoms with van der Waals surface area (Å²) in [6.45, 7) is 8.90. The molecule has 1 aromatic carbocycles. The summed E-state index contributed by atoms with van der Waals surface area (Å²) in [4.78, 5) is 27.4. The van der Waals surface area contributed by atoms with Gasteiger partial charge in [0.2, 0.25) is 0 Å². The molecule has 0 spiro atoms. The van der Waals surface area contributed by atoms with E-state index < -0.39 is 19.0 Å². The third-order valence-electron chi connectivity index (χ3n) is 5.37. The number of ketones is 1. The van der Waals surface area contributed by atoms with Gasteiger partial charge < -0.3 is 20.3 Å². The summed E-state index contributed by atoms with van der Waals surface area (Å²) in [6, 6.07) is 7.20. The number of Topliss-reactive ketones (excluding diaryl/α,β-unsaturated/α-hetero) is 1. The highest BCUT2D eigenvalue weighted by Gasteiger charge is 2.33. The molecule has 1 aliphatic rings. The van der Waals surface area contributed by atoms with Crippen LogP contribution in [0.15, 0.2) is 24.3 Å². The number of carbonyl (C=O) groups excluding carboxylic acids is 2. The maximum atomic E-state index is 12.8. The molecule has 0 saturated carbocycles. The van der Waals surface area contributed by atoms with Gasteiger partial charge in [0, 0.05) is 25.3 Å². The smallest absolute Gasteiger partial charge is 0.427 e. The van der Waals surface area contributed by atoms with Crippen LogP contribution in [0.3, 0.4) is 0 Å². The minimum atomic E-state index is -1.53. The molecule has 2 atom stereocenters. The fourth-order valence-electron chi connectivity index (χ4n) is 3.81. The van der Waals surface area contributed by atoms with Gasteiger partial charge in [-0.1, -0.05) is 52.0 Å². The second kappa shape index (κ2) is 10.1. The van der Waals surface area contributed by atoms with Crippen LogP contribution in [0.2, 0.25) is 5.82 Å². The van der Waals surface area contributed by atoms with Gasteiger partial charge in [-0.15, -0.1) is 0 Å².